The first-order chi connectivity index (χ1) is 17.1. The molecule has 0 atom stereocenters. The van der Waals surface area contributed by atoms with Crippen LogP contribution in [-0.4, -0.2) is 53.4 Å². The van der Waals surface area contributed by atoms with E-state index in [0.29, 0.717) is 35.7 Å². The van der Waals surface area contributed by atoms with Gasteiger partial charge in [-0.2, -0.15) is 0 Å². The molecule has 2 aromatic rings. The summed E-state index contributed by atoms with van der Waals surface area (Å²) in [4.78, 5) is 25.8. The van der Waals surface area contributed by atoms with Gasteiger partial charge in [0.05, 0.1) is 24.2 Å². The first kappa shape index (κ1) is 26.3. The minimum Gasteiger partial charge on any atom is -0.466 e. The van der Waals surface area contributed by atoms with Crippen molar-refractivity contribution in [3.63, 3.8) is 0 Å². The highest BCUT2D eigenvalue weighted by Crippen LogP contribution is 2.48. The molecule has 0 bridgehead atoms. The standard InChI is InChI=1S/C28H40FN3O4/c1-5-35-24(33)10-16-30-22-6-7-23-21(25(22)29)11-17-32(23)20-8-12-28(13-9-20)14-18-31(19-15-28)26(34)36-27(2,3)4/h6-7,11,17,20,30H,5,8-10,12-16,18-19H2,1-4H3. The molecule has 0 unspecified atom stereocenters. The summed E-state index contributed by atoms with van der Waals surface area (Å²) >= 11 is 0. The van der Waals surface area contributed by atoms with Crippen molar-refractivity contribution < 1.29 is 23.5 Å². The Morgan fingerprint density at radius 2 is 1.81 bits per heavy atom. The number of carbonyl (C=O) groups excluding carboxylic acids is 2. The minimum absolute atomic E-state index is 0.200. The summed E-state index contributed by atoms with van der Waals surface area (Å²) in [6, 6.07) is 5.93. The van der Waals surface area contributed by atoms with Gasteiger partial charge in [0.15, 0.2) is 5.82 Å². The number of nitrogens with one attached hydrogen (secondary N) is 1. The van der Waals surface area contributed by atoms with Gasteiger partial charge in [0.25, 0.3) is 0 Å². The van der Waals surface area contributed by atoms with Crippen LogP contribution in [0.15, 0.2) is 24.4 Å². The Kier molecular flexibility index (Phi) is 7.81. The highest BCUT2D eigenvalue weighted by molar-refractivity contribution is 5.85. The number of hydrogen-bond donors (Lipinski definition) is 1. The number of amides is 1. The number of rotatable bonds is 6. The number of aromatic nitrogens is 1. The fourth-order valence-electron chi connectivity index (χ4n) is 5.67. The summed E-state index contributed by atoms with van der Waals surface area (Å²) in [7, 11) is 0. The average molecular weight is 502 g/mol. The summed E-state index contributed by atoms with van der Waals surface area (Å²) in [5, 5.41) is 3.62. The Labute approximate surface area is 213 Å². The molecular weight excluding hydrogens is 461 g/mol. The largest absolute Gasteiger partial charge is 0.466 e. The van der Waals surface area contributed by atoms with Gasteiger partial charge in [0.2, 0.25) is 0 Å². The molecule has 1 aliphatic heterocycles. The number of esters is 1. The van der Waals surface area contributed by atoms with Crippen LogP contribution in [0.4, 0.5) is 14.9 Å². The van der Waals surface area contributed by atoms with E-state index in [2.05, 4.69) is 9.88 Å². The van der Waals surface area contributed by atoms with Crippen LogP contribution >= 0.6 is 0 Å². The SMILES string of the molecule is CCOC(=O)CCNc1ccc2c(ccn2C2CCC3(CC2)CCN(C(=O)OC(C)(C)C)CC3)c1F. The zero-order chi connectivity index (χ0) is 25.9. The minimum atomic E-state index is -0.469. The van der Waals surface area contributed by atoms with Gasteiger partial charge < -0.3 is 24.3 Å². The number of halogens is 1. The quantitative estimate of drug-likeness (QED) is 0.472. The van der Waals surface area contributed by atoms with Crippen molar-refractivity contribution in [1.29, 1.82) is 0 Å². The molecule has 36 heavy (non-hydrogen) atoms. The van der Waals surface area contributed by atoms with Gasteiger partial charge in [-0.1, -0.05) is 0 Å². The van der Waals surface area contributed by atoms with Crippen molar-refractivity contribution in [3.8, 4) is 0 Å². The summed E-state index contributed by atoms with van der Waals surface area (Å²) in [6.07, 6.45) is 8.37. The number of carbonyl (C=O) groups is 2. The highest BCUT2D eigenvalue weighted by atomic mass is 19.1. The molecule has 1 spiro atoms. The van der Waals surface area contributed by atoms with Gasteiger partial charge in [-0.3, -0.25) is 4.79 Å². The van der Waals surface area contributed by atoms with Crippen molar-refractivity contribution in [2.45, 2.75) is 84.3 Å². The molecule has 1 aromatic heterocycles. The van der Waals surface area contributed by atoms with E-state index in [9.17, 15) is 9.59 Å². The molecule has 1 saturated heterocycles. The van der Waals surface area contributed by atoms with Crippen molar-refractivity contribution in [3.05, 3.63) is 30.2 Å². The zero-order valence-corrected chi connectivity index (χ0v) is 22.1. The van der Waals surface area contributed by atoms with Gasteiger partial charge in [0.1, 0.15) is 5.60 Å². The molecule has 0 radical (unpaired) electrons. The molecule has 4 rings (SSSR count). The molecule has 2 heterocycles. The molecule has 7 nitrogen and oxygen atoms in total. The average Bonchev–Trinajstić information content (AvgIpc) is 3.25. The lowest BCUT2D eigenvalue weighted by molar-refractivity contribution is -0.142. The number of likely N-dealkylation sites (tertiary alicyclic amines) is 1. The van der Waals surface area contributed by atoms with Crippen molar-refractivity contribution >= 4 is 28.7 Å². The lowest BCUT2D eigenvalue weighted by Crippen LogP contribution is -2.46. The van der Waals surface area contributed by atoms with Crippen LogP contribution < -0.4 is 5.32 Å². The first-order valence-electron chi connectivity index (χ1n) is 13.3. The number of benzene rings is 1. The monoisotopic (exact) mass is 501 g/mol. The molecule has 1 aromatic carbocycles. The molecule has 2 aliphatic rings. The highest BCUT2D eigenvalue weighted by Gasteiger charge is 2.40. The molecule has 1 aliphatic carbocycles. The van der Waals surface area contributed by atoms with Crippen LogP contribution in [0, 0.1) is 11.2 Å². The van der Waals surface area contributed by atoms with E-state index in [4.69, 9.17) is 9.47 Å². The van der Waals surface area contributed by atoms with E-state index in [1.807, 2.05) is 44.0 Å². The van der Waals surface area contributed by atoms with Crippen LogP contribution in [-0.2, 0) is 14.3 Å². The van der Waals surface area contributed by atoms with E-state index in [0.717, 1.165) is 57.1 Å². The van der Waals surface area contributed by atoms with E-state index in [1.54, 1.807) is 13.0 Å². The normalized spacial score (nSPS) is 18.4. The number of nitrogens with zero attached hydrogens (tertiary/aromatic N) is 2. The molecule has 198 valence electrons. The van der Waals surface area contributed by atoms with E-state index < -0.39 is 5.60 Å². The van der Waals surface area contributed by atoms with Crippen molar-refractivity contribution in [2.24, 2.45) is 5.41 Å². The van der Waals surface area contributed by atoms with Crippen LogP contribution in [0.1, 0.15) is 78.7 Å². The summed E-state index contributed by atoms with van der Waals surface area (Å²) < 4.78 is 27.9. The second-order valence-corrected chi connectivity index (χ2v) is 11.3. The van der Waals surface area contributed by atoms with Crippen LogP contribution in [0.2, 0.25) is 0 Å². The fraction of sp³-hybridized carbons (Fsp3) is 0.643. The molecule has 8 heteroatoms. The Balaban J connectivity index is 1.34. The fourth-order valence-corrected chi connectivity index (χ4v) is 5.67. The van der Waals surface area contributed by atoms with Gasteiger partial charge in [-0.25, -0.2) is 9.18 Å². The summed E-state index contributed by atoms with van der Waals surface area (Å²) in [5.74, 6) is -0.569. The Morgan fingerprint density at radius 3 is 2.44 bits per heavy atom. The maximum Gasteiger partial charge on any atom is 0.410 e. The van der Waals surface area contributed by atoms with Crippen molar-refractivity contribution in [2.75, 3.05) is 31.6 Å². The van der Waals surface area contributed by atoms with Gasteiger partial charge >= 0.3 is 12.1 Å². The maximum absolute atomic E-state index is 15.2. The number of hydrogen-bond acceptors (Lipinski definition) is 5. The zero-order valence-electron chi connectivity index (χ0n) is 22.1. The molecule has 1 N–H and O–H groups in total. The third kappa shape index (κ3) is 5.95. The Hall–Kier alpha value is -2.77. The van der Waals surface area contributed by atoms with Gasteiger partial charge in [-0.15, -0.1) is 0 Å². The lowest BCUT2D eigenvalue weighted by Gasteiger charge is -2.46. The Morgan fingerprint density at radius 1 is 1.11 bits per heavy atom. The second-order valence-electron chi connectivity index (χ2n) is 11.3. The van der Waals surface area contributed by atoms with E-state index in [-0.39, 0.29) is 24.3 Å². The van der Waals surface area contributed by atoms with Crippen LogP contribution in [0.3, 0.4) is 0 Å². The number of ether oxygens (including phenoxy) is 2. The van der Waals surface area contributed by atoms with E-state index in [1.165, 1.54) is 0 Å². The topological polar surface area (TPSA) is 72.8 Å². The second kappa shape index (κ2) is 10.7. The maximum atomic E-state index is 15.2. The first-order valence-corrected chi connectivity index (χ1v) is 13.3. The third-order valence-corrected chi connectivity index (χ3v) is 7.67. The lowest BCUT2D eigenvalue weighted by atomic mass is 9.67. The predicted octanol–water partition coefficient (Wildman–Crippen LogP) is 6.28. The van der Waals surface area contributed by atoms with E-state index >= 15 is 4.39 Å². The van der Waals surface area contributed by atoms with Crippen molar-refractivity contribution in [1.82, 2.24) is 9.47 Å². The Bertz CT molecular complexity index is 1070. The van der Waals surface area contributed by atoms with Gasteiger partial charge in [-0.05, 0) is 89.8 Å². The molecule has 1 saturated carbocycles. The number of piperidine rings is 1. The van der Waals surface area contributed by atoms with Crippen LogP contribution in [0.5, 0.6) is 0 Å². The summed E-state index contributed by atoms with van der Waals surface area (Å²) in [6.45, 7) is 9.66. The third-order valence-electron chi connectivity index (χ3n) is 7.67. The molecule has 1 amide bonds. The smallest absolute Gasteiger partial charge is 0.410 e. The predicted molar refractivity (Wildman–Crippen MR) is 139 cm³/mol. The van der Waals surface area contributed by atoms with Gasteiger partial charge in [0, 0.05) is 37.3 Å². The summed E-state index contributed by atoms with van der Waals surface area (Å²) in [5.41, 5.74) is 1.13. The molecule has 2 fully saturated rings. The number of anilines is 1. The molecular formula is C28H40FN3O4. The number of fused-ring (bicyclic) bond motifs is 1. The van der Waals surface area contributed by atoms with Crippen LogP contribution in [0.25, 0.3) is 10.9 Å².